The lowest BCUT2D eigenvalue weighted by Gasteiger charge is -2.39. The molecule has 0 bridgehead atoms. The van der Waals surface area contributed by atoms with Gasteiger partial charge in [-0.05, 0) is 50.5 Å². The fourth-order valence-corrected chi connectivity index (χ4v) is 4.30. The number of ether oxygens (including phenoxy) is 1. The monoisotopic (exact) mass is 364 g/mol. The van der Waals surface area contributed by atoms with Gasteiger partial charge in [0.25, 0.3) is 0 Å². The first-order valence-electron chi connectivity index (χ1n) is 9.66. The van der Waals surface area contributed by atoms with E-state index in [4.69, 9.17) is 4.74 Å². The summed E-state index contributed by atoms with van der Waals surface area (Å²) in [5.41, 5.74) is 5.20. The maximum Gasteiger partial charge on any atom is 0.124 e. The van der Waals surface area contributed by atoms with Gasteiger partial charge in [-0.2, -0.15) is 0 Å². The van der Waals surface area contributed by atoms with E-state index in [1.165, 1.54) is 27.7 Å². The lowest BCUT2D eigenvalue weighted by Crippen LogP contribution is -2.42. The van der Waals surface area contributed by atoms with E-state index in [1.807, 2.05) is 24.3 Å². The highest BCUT2D eigenvalue weighted by atomic mass is 16.5. The van der Waals surface area contributed by atoms with Gasteiger partial charge in [0, 0.05) is 41.8 Å². The van der Waals surface area contributed by atoms with E-state index in [-0.39, 0.29) is 0 Å². The highest BCUT2D eigenvalue weighted by molar-refractivity contribution is 5.85. The van der Waals surface area contributed by atoms with Crippen LogP contribution in [0.5, 0.6) is 5.75 Å². The summed E-state index contributed by atoms with van der Waals surface area (Å²) >= 11 is 0. The number of fused-ring (bicyclic) bond motifs is 1. The number of para-hydroxylation sites is 1. The van der Waals surface area contributed by atoms with Gasteiger partial charge in [-0.25, -0.2) is 0 Å². The molecule has 0 aliphatic carbocycles. The second-order valence-electron chi connectivity index (χ2n) is 7.79. The van der Waals surface area contributed by atoms with Crippen LogP contribution in [0.25, 0.3) is 10.9 Å². The number of methoxy groups -OCH3 is 1. The second kappa shape index (κ2) is 7.02. The number of H-pyrrole nitrogens is 1. The highest BCUT2D eigenvalue weighted by Gasteiger charge is 2.36. The number of nitrogens with one attached hydrogen (secondary N) is 1. The Balaban J connectivity index is 1.52. The van der Waals surface area contributed by atoms with Crippen LogP contribution in [0, 0.1) is 13.8 Å². The molecule has 2 heterocycles. The first kappa shape index (κ1) is 18.1. The van der Waals surface area contributed by atoms with Gasteiger partial charge < -0.3 is 14.8 Å². The molecule has 0 atom stereocenters. The molecule has 27 heavy (non-hydrogen) atoms. The Kier molecular flexibility index (Phi) is 4.70. The molecule has 4 nitrogen and oxygen atoms in total. The first-order valence-corrected chi connectivity index (χ1v) is 9.66. The molecule has 1 aromatic heterocycles. The summed E-state index contributed by atoms with van der Waals surface area (Å²) in [5.74, 6) is 0.774. The molecule has 4 rings (SSSR count). The Bertz CT molecular complexity index is 952. The minimum Gasteiger partial charge on any atom is -0.496 e. The van der Waals surface area contributed by atoms with E-state index in [9.17, 15) is 5.11 Å². The average molecular weight is 364 g/mol. The number of benzene rings is 2. The van der Waals surface area contributed by atoms with Crippen LogP contribution in [0.15, 0.2) is 42.5 Å². The SMILES string of the molecule is COc1ccccc1C1(O)CCN(Cc2c(C)[nH]c3ccc(C)cc23)CC1. The molecule has 1 aliphatic heterocycles. The maximum absolute atomic E-state index is 11.2. The van der Waals surface area contributed by atoms with E-state index in [0.29, 0.717) is 12.8 Å². The molecule has 2 N–H and O–H groups in total. The molecule has 0 unspecified atom stereocenters. The molecular weight excluding hydrogens is 336 g/mol. The topological polar surface area (TPSA) is 48.5 Å². The lowest BCUT2D eigenvalue weighted by molar-refractivity contribution is -0.0291. The molecule has 2 aromatic carbocycles. The van der Waals surface area contributed by atoms with Crippen LogP contribution >= 0.6 is 0 Å². The van der Waals surface area contributed by atoms with Crippen molar-refractivity contribution in [1.29, 1.82) is 0 Å². The number of aryl methyl sites for hydroxylation is 2. The summed E-state index contributed by atoms with van der Waals surface area (Å²) in [6.07, 6.45) is 1.43. The van der Waals surface area contributed by atoms with Gasteiger partial charge in [0.15, 0.2) is 0 Å². The number of aromatic amines is 1. The summed E-state index contributed by atoms with van der Waals surface area (Å²) in [6.45, 7) is 6.94. The summed E-state index contributed by atoms with van der Waals surface area (Å²) in [7, 11) is 1.67. The third-order valence-electron chi connectivity index (χ3n) is 5.95. The van der Waals surface area contributed by atoms with Gasteiger partial charge in [-0.3, -0.25) is 4.90 Å². The van der Waals surface area contributed by atoms with E-state index in [0.717, 1.165) is 30.9 Å². The van der Waals surface area contributed by atoms with Crippen molar-refractivity contribution in [3.05, 3.63) is 64.8 Å². The maximum atomic E-state index is 11.2. The molecule has 0 amide bonds. The zero-order valence-electron chi connectivity index (χ0n) is 16.4. The van der Waals surface area contributed by atoms with Crippen LogP contribution in [0.2, 0.25) is 0 Å². The van der Waals surface area contributed by atoms with Gasteiger partial charge in [-0.1, -0.05) is 29.8 Å². The molecule has 3 aromatic rings. The zero-order valence-corrected chi connectivity index (χ0v) is 16.4. The molecule has 1 fully saturated rings. The molecule has 0 radical (unpaired) electrons. The average Bonchev–Trinajstić information content (AvgIpc) is 2.98. The van der Waals surface area contributed by atoms with Crippen molar-refractivity contribution in [2.45, 2.75) is 38.8 Å². The number of rotatable bonds is 4. The normalized spacial score (nSPS) is 17.3. The fourth-order valence-electron chi connectivity index (χ4n) is 4.30. The third kappa shape index (κ3) is 3.35. The summed E-state index contributed by atoms with van der Waals surface area (Å²) in [5, 5.41) is 12.6. The number of aromatic nitrogens is 1. The minimum atomic E-state index is -0.811. The van der Waals surface area contributed by atoms with Crippen LogP contribution in [0.1, 0.15) is 35.2 Å². The van der Waals surface area contributed by atoms with Gasteiger partial charge in [0.05, 0.1) is 12.7 Å². The van der Waals surface area contributed by atoms with E-state index in [2.05, 4.69) is 41.9 Å². The standard InChI is InChI=1S/C23H28N2O2/c1-16-8-9-21-18(14-16)19(17(2)24-21)15-25-12-10-23(26,11-13-25)20-6-4-5-7-22(20)27-3/h4-9,14,24,26H,10-13,15H2,1-3H3. The van der Waals surface area contributed by atoms with Crippen molar-refractivity contribution in [1.82, 2.24) is 9.88 Å². The van der Waals surface area contributed by atoms with Crippen LogP contribution in [0.3, 0.4) is 0 Å². The van der Waals surface area contributed by atoms with Crippen LogP contribution in [-0.2, 0) is 12.1 Å². The van der Waals surface area contributed by atoms with Crippen molar-refractivity contribution >= 4 is 10.9 Å². The van der Waals surface area contributed by atoms with Gasteiger partial charge in [-0.15, -0.1) is 0 Å². The molecular formula is C23H28N2O2. The largest absolute Gasteiger partial charge is 0.496 e. The third-order valence-corrected chi connectivity index (χ3v) is 5.95. The van der Waals surface area contributed by atoms with Gasteiger partial charge in [0.1, 0.15) is 5.75 Å². The van der Waals surface area contributed by atoms with Gasteiger partial charge in [0.2, 0.25) is 0 Å². The van der Waals surface area contributed by atoms with Gasteiger partial charge >= 0.3 is 0 Å². The Hall–Kier alpha value is -2.30. The number of piperidine rings is 1. The number of likely N-dealkylation sites (tertiary alicyclic amines) is 1. The predicted octanol–water partition coefficient (Wildman–Crippen LogP) is 4.28. The van der Waals surface area contributed by atoms with Crippen molar-refractivity contribution < 1.29 is 9.84 Å². The molecule has 4 heteroatoms. The molecule has 0 saturated carbocycles. The van der Waals surface area contributed by atoms with Crippen molar-refractivity contribution in [3.63, 3.8) is 0 Å². The van der Waals surface area contributed by atoms with Crippen molar-refractivity contribution in [3.8, 4) is 5.75 Å². The van der Waals surface area contributed by atoms with Crippen LogP contribution in [0.4, 0.5) is 0 Å². The number of hydrogen-bond acceptors (Lipinski definition) is 3. The highest BCUT2D eigenvalue weighted by Crippen LogP contribution is 2.38. The van der Waals surface area contributed by atoms with Crippen molar-refractivity contribution in [2.75, 3.05) is 20.2 Å². The summed E-state index contributed by atoms with van der Waals surface area (Å²) in [4.78, 5) is 5.95. The number of aliphatic hydroxyl groups is 1. The quantitative estimate of drug-likeness (QED) is 0.726. The minimum absolute atomic E-state index is 0.716. The Morgan fingerprint density at radius 3 is 2.59 bits per heavy atom. The molecule has 0 spiro atoms. The molecule has 1 saturated heterocycles. The molecule has 1 aliphatic rings. The van der Waals surface area contributed by atoms with E-state index in [1.54, 1.807) is 7.11 Å². The van der Waals surface area contributed by atoms with Crippen molar-refractivity contribution in [2.24, 2.45) is 0 Å². The summed E-state index contributed by atoms with van der Waals surface area (Å²) < 4.78 is 5.47. The zero-order chi connectivity index (χ0) is 19.0. The Morgan fingerprint density at radius 2 is 1.85 bits per heavy atom. The van der Waals surface area contributed by atoms with E-state index < -0.39 is 5.60 Å². The fraction of sp³-hybridized carbons (Fsp3) is 0.391. The second-order valence-corrected chi connectivity index (χ2v) is 7.79. The Labute approximate surface area is 160 Å². The summed E-state index contributed by atoms with van der Waals surface area (Å²) in [6, 6.07) is 14.4. The number of nitrogens with zero attached hydrogens (tertiary/aromatic N) is 1. The number of hydrogen-bond donors (Lipinski definition) is 2. The lowest BCUT2D eigenvalue weighted by atomic mass is 9.83. The van der Waals surface area contributed by atoms with Crippen LogP contribution in [-0.4, -0.2) is 35.2 Å². The first-order chi connectivity index (χ1) is 13.0. The van der Waals surface area contributed by atoms with Crippen LogP contribution < -0.4 is 4.74 Å². The smallest absolute Gasteiger partial charge is 0.124 e. The molecule has 142 valence electrons. The predicted molar refractivity (Wildman–Crippen MR) is 109 cm³/mol. The van der Waals surface area contributed by atoms with E-state index >= 15 is 0 Å². The Morgan fingerprint density at radius 1 is 1.11 bits per heavy atom.